The fourth-order valence-corrected chi connectivity index (χ4v) is 1.77. The normalized spacial score (nSPS) is 11.0. The van der Waals surface area contributed by atoms with Gasteiger partial charge in [0, 0.05) is 5.69 Å². The van der Waals surface area contributed by atoms with Gasteiger partial charge in [-0.2, -0.15) is 0 Å². The number of carbonyl (C=O) groups excluding carboxylic acids is 1. The number of anilines is 2. The quantitative estimate of drug-likeness (QED) is 0.739. The Morgan fingerprint density at radius 2 is 1.74 bits per heavy atom. The number of amides is 2. The van der Waals surface area contributed by atoms with Crippen molar-refractivity contribution in [2.24, 2.45) is 0 Å². The first-order valence-electron chi connectivity index (χ1n) is 6.46. The number of rotatable bonds is 3. The van der Waals surface area contributed by atoms with Crippen LogP contribution in [0.3, 0.4) is 0 Å². The predicted molar refractivity (Wildman–Crippen MR) is 78.6 cm³/mol. The molecule has 0 aromatic heterocycles. The number of aryl methyl sites for hydroxylation is 1. The van der Waals surface area contributed by atoms with Gasteiger partial charge in [0.05, 0.1) is 5.69 Å². The predicted octanol–water partition coefficient (Wildman–Crippen LogP) is 4.24. The maximum atomic E-state index is 12.0. The Labute approximate surface area is 129 Å². The Morgan fingerprint density at radius 3 is 2.30 bits per heavy atom. The zero-order chi connectivity index (χ0) is 17.0. The number of ether oxygens (including phenoxy) is 1. The van der Waals surface area contributed by atoms with Crippen molar-refractivity contribution >= 4 is 17.4 Å². The highest BCUT2D eigenvalue weighted by Gasteiger charge is 2.30. The second-order valence-electron chi connectivity index (χ2n) is 4.67. The van der Waals surface area contributed by atoms with Crippen molar-refractivity contribution in [3.63, 3.8) is 0 Å². The van der Waals surface area contributed by atoms with E-state index in [0.717, 1.165) is 17.7 Å². The molecule has 0 bridgehead atoms. The molecule has 0 aliphatic rings. The fraction of sp³-hybridized carbons (Fsp3) is 0.133. The molecule has 5 nitrogen and oxygen atoms in total. The zero-order valence-corrected chi connectivity index (χ0v) is 11.9. The number of urea groups is 1. The third-order valence-electron chi connectivity index (χ3n) is 2.75. The van der Waals surface area contributed by atoms with Gasteiger partial charge in [-0.3, -0.25) is 0 Å². The number of halogens is 3. The third-order valence-corrected chi connectivity index (χ3v) is 2.75. The molecular formula is C15H13F3N2O3. The molecule has 2 amide bonds. The number of aromatic hydroxyl groups is 1. The van der Waals surface area contributed by atoms with Crippen LogP contribution in [-0.4, -0.2) is 17.5 Å². The van der Waals surface area contributed by atoms with E-state index in [0.29, 0.717) is 0 Å². The average molecular weight is 326 g/mol. The van der Waals surface area contributed by atoms with E-state index in [2.05, 4.69) is 15.4 Å². The molecular weight excluding hydrogens is 313 g/mol. The average Bonchev–Trinajstić information content (AvgIpc) is 2.42. The monoisotopic (exact) mass is 326 g/mol. The standard InChI is InChI=1S/C15H13F3N2O3/c1-9-2-7-12(13(21)8-9)20-14(22)19-10-3-5-11(6-4-10)23-15(16,17)18/h2-8,21H,1H3,(H2,19,20,22). The maximum Gasteiger partial charge on any atom is 0.573 e. The van der Waals surface area contributed by atoms with Crippen molar-refractivity contribution in [3.05, 3.63) is 48.0 Å². The smallest absolute Gasteiger partial charge is 0.506 e. The summed E-state index contributed by atoms with van der Waals surface area (Å²) >= 11 is 0. The lowest BCUT2D eigenvalue weighted by Crippen LogP contribution is -2.19. The minimum atomic E-state index is -4.77. The van der Waals surface area contributed by atoms with Crippen LogP contribution in [0.25, 0.3) is 0 Å². The minimum absolute atomic E-state index is 0.0888. The van der Waals surface area contributed by atoms with Gasteiger partial charge in [0.25, 0.3) is 0 Å². The van der Waals surface area contributed by atoms with E-state index in [4.69, 9.17) is 0 Å². The van der Waals surface area contributed by atoms with Gasteiger partial charge in [0.15, 0.2) is 0 Å². The van der Waals surface area contributed by atoms with Crippen LogP contribution in [0.5, 0.6) is 11.5 Å². The van der Waals surface area contributed by atoms with Gasteiger partial charge in [-0.25, -0.2) is 4.79 Å². The molecule has 0 fully saturated rings. The summed E-state index contributed by atoms with van der Waals surface area (Å²) in [5, 5.41) is 14.5. The zero-order valence-electron chi connectivity index (χ0n) is 11.9. The molecule has 0 saturated heterocycles. The molecule has 0 heterocycles. The van der Waals surface area contributed by atoms with Gasteiger partial charge in [0.2, 0.25) is 0 Å². The Balaban J connectivity index is 1.97. The summed E-state index contributed by atoms with van der Waals surface area (Å²) in [6.45, 7) is 1.79. The maximum absolute atomic E-state index is 12.0. The van der Waals surface area contributed by atoms with Crippen LogP contribution in [0.15, 0.2) is 42.5 Å². The van der Waals surface area contributed by atoms with E-state index in [1.54, 1.807) is 13.0 Å². The van der Waals surface area contributed by atoms with Crippen LogP contribution in [0.1, 0.15) is 5.56 Å². The Hall–Kier alpha value is -2.90. The summed E-state index contributed by atoms with van der Waals surface area (Å²) in [7, 11) is 0. The summed E-state index contributed by atoms with van der Waals surface area (Å²) in [6, 6.07) is 8.75. The summed E-state index contributed by atoms with van der Waals surface area (Å²) in [5.74, 6) is -0.478. The lowest BCUT2D eigenvalue weighted by atomic mass is 10.2. The number of hydrogen-bond donors (Lipinski definition) is 3. The molecule has 2 rings (SSSR count). The lowest BCUT2D eigenvalue weighted by Gasteiger charge is -2.11. The molecule has 0 atom stereocenters. The topological polar surface area (TPSA) is 70.6 Å². The number of benzene rings is 2. The van der Waals surface area contributed by atoms with Gasteiger partial charge in [0.1, 0.15) is 11.5 Å². The van der Waals surface area contributed by atoms with Crippen LogP contribution in [0.2, 0.25) is 0 Å². The van der Waals surface area contributed by atoms with E-state index >= 15 is 0 Å². The van der Waals surface area contributed by atoms with E-state index < -0.39 is 12.4 Å². The first-order chi connectivity index (χ1) is 10.7. The Bertz CT molecular complexity index is 700. The van der Waals surface area contributed by atoms with Gasteiger partial charge in [-0.15, -0.1) is 13.2 Å². The molecule has 0 unspecified atom stereocenters. The summed E-state index contributed by atoms with van der Waals surface area (Å²) in [4.78, 5) is 11.8. The van der Waals surface area contributed by atoms with E-state index in [-0.39, 0.29) is 22.9 Å². The highest BCUT2D eigenvalue weighted by molar-refractivity contribution is 6.00. The number of hydrogen-bond acceptors (Lipinski definition) is 3. The van der Waals surface area contributed by atoms with Crippen molar-refractivity contribution in [2.75, 3.05) is 10.6 Å². The molecule has 3 N–H and O–H groups in total. The second-order valence-corrected chi connectivity index (χ2v) is 4.67. The molecule has 2 aromatic rings. The highest BCUT2D eigenvalue weighted by atomic mass is 19.4. The van der Waals surface area contributed by atoms with Crippen molar-refractivity contribution in [1.29, 1.82) is 0 Å². The highest BCUT2D eigenvalue weighted by Crippen LogP contribution is 2.25. The van der Waals surface area contributed by atoms with Crippen molar-refractivity contribution in [1.82, 2.24) is 0 Å². The van der Waals surface area contributed by atoms with Gasteiger partial charge < -0.3 is 20.5 Å². The van der Waals surface area contributed by atoms with E-state index in [9.17, 15) is 23.1 Å². The Kier molecular flexibility index (Phi) is 4.63. The second kappa shape index (κ2) is 6.47. The largest absolute Gasteiger partial charge is 0.573 e. The number of phenols is 1. The number of nitrogens with one attached hydrogen (secondary N) is 2. The molecule has 122 valence electrons. The van der Waals surface area contributed by atoms with Gasteiger partial charge in [-0.1, -0.05) is 6.07 Å². The van der Waals surface area contributed by atoms with Crippen LogP contribution in [0.4, 0.5) is 29.3 Å². The summed E-state index contributed by atoms with van der Waals surface area (Å²) in [6.07, 6.45) is -4.77. The van der Waals surface area contributed by atoms with Crippen LogP contribution < -0.4 is 15.4 Å². The minimum Gasteiger partial charge on any atom is -0.506 e. The molecule has 23 heavy (non-hydrogen) atoms. The van der Waals surface area contributed by atoms with Gasteiger partial charge in [-0.05, 0) is 48.9 Å². The first kappa shape index (κ1) is 16.5. The molecule has 0 aliphatic heterocycles. The summed E-state index contributed by atoms with van der Waals surface area (Å²) < 4.78 is 39.8. The van der Waals surface area contributed by atoms with Crippen molar-refractivity contribution in [3.8, 4) is 11.5 Å². The molecule has 0 aliphatic carbocycles. The molecule has 0 saturated carbocycles. The first-order valence-corrected chi connectivity index (χ1v) is 6.46. The fourth-order valence-electron chi connectivity index (χ4n) is 1.77. The van der Waals surface area contributed by atoms with Crippen LogP contribution in [-0.2, 0) is 0 Å². The van der Waals surface area contributed by atoms with E-state index in [1.807, 2.05) is 0 Å². The van der Waals surface area contributed by atoms with E-state index in [1.165, 1.54) is 24.3 Å². The van der Waals surface area contributed by atoms with Gasteiger partial charge >= 0.3 is 12.4 Å². The number of alkyl halides is 3. The SMILES string of the molecule is Cc1ccc(NC(=O)Nc2ccc(OC(F)(F)F)cc2)c(O)c1. The number of carbonyl (C=O) groups is 1. The number of phenolic OH excluding ortho intramolecular Hbond substituents is 1. The van der Waals surface area contributed by atoms with Crippen molar-refractivity contribution < 1.29 is 27.8 Å². The molecule has 8 heteroatoms. The third kappa shape index (κ3) is 5.10. The molecule has 2 aromatic carbocycles. The molecule has 0 spiro atoms. The summed E-state index contributed by atoms with van der Waals surface area (Å²) in [5.41, 5.74) is 1.31. The Morgan fingerprint density at radius 1 is 1.09 bits per heavy atom. The lowest BCUT2D eigenvalue weighted by molar-refractivity contribution is -0.274. The van der Waals surface area contributed by atoms with Crippen LogP contribution in [0, 0.1) is 6.92 Å². The van der Waals surface area contributed by atoms with Crippen LogP contribution >= 0.6 is 0 Å². The van der Waals surface area contributed by atoms with Crippen molar-refractivity contribution in [2.45, 2.75) is 13.3 Å². The molecule has 0 radical (unpaired) electrons.